The third-order valence-corrected chi connectivity index (χ3v) is 3.46. The quantitative estimate of drug-likeness (QED) is 0.766. The molecule has 0 amide bonds. The predicted octanol–water partition coefficient (Wildman–Crippen LogP) is 3.37. The Balaban J connectivity index is 1.97. The van der Waals surface area contributed by atoms with E-state index in [0.717, 1.165) is 25.7 Å². The average Bonchev–Trinajstić information content (AvgIpc) is 2.46. The van der Waals surface area contributed by atoms with Gasteiger partial charge in [-0.05, 0) is 31.0 Å². The van der Waals surface area contributed by atoms with Crippen LogP contribution in [0.5, 0.6) is 5.75 Å². The van der Waals surface area contributed by atoms with Crippen LogP contribution in [0.3, 0.4) is 0 Å². The summed E-state index contributed by atoms with van der Waals surface area (Å²) in [7, 11) is 1.46. The van der Waals surface area contributed by atoms with Gasteiger partial charge in [0.15, 0.2) is 5.78 Å². The van der Waals surface area contributed by atoms with E-state index in [1.54, 1.807) is 0 Å². The number of benzene rings is 1. The molecule has 0 saturated heterocycles. The molecule has 0 bridgehead atoms. The molecule has 19 heavy (non-hydrogen) atoms. The topological polar surface area (TPSA) is 35.5 Å². The summed E-state index contributed by atoms with van der Waals surface area (Å²) in [6, 6.07) is 3.94. The van der Waals surface area contributed by atoms with Crippen molar-refractivity contribution in [2.24, 2.45) is 0 Å². The van der Waals surface area contributed by atoms with Gasteiger partial charge in [-0.3, -0.25) is 4.79 Å². The molecule has 0 heterocycles. The minimum atomic E-state index is -0.443. The Hall–Kier alpha value is -1.42. The summed E-state index contributed by atoms with van der Waals surface area (Å²) < 4.78 is 23.9. The number of carbonyl (C=O) groups is 1. The van der Waals surface area contributed by atoms with Gasteiger partial charge in [0, 0.05) is 0 Å². The third kappa shape index (κ3) is 3.77. The van der Waals surface area contributed by atoms with Gasteiger partial charge < -0.3 is 9.47 Å². The summed E-state index contributed by atoms with van der Waals surface area (Å²) >= 11 is 0. The number of hydrogen-bond acceptors (Lipinski definition) is 3. The van der Waals surface area contributed by atoms with Crippen molar-refractivity contribution in [1.29, 1.82) is 0 Å². The fourth-order valence-corrected chi connectivity index (χ4v) is 2.40. The van der Waals surface area contributed by atoms with Gasteiger partial charge in [-0.1, -0.05) is 19.3 Å². The van der Waals surface area contributed by atoms with E-state index in [1.807, 2.05) is 0 Å². The molecular weight excluding hydrogens is 247 g/mol. The number of carbonyl (C=O) groups excluding carboxylic acids is 1. The van der Waals surface area contributed by atoms with Gasteiger partial charge in [0.05, 0.1) is 18.8 Å². The van der Waals surface area contributed by atoms with Crippen LogP contribution in [0, 0.1) is 5.82 Å². The second-order valence-corrected chi connectivity index (χ2v) is 4.84. The molecule has 1 aliphatic carbocycles. The first-order valence-electron chi connectivity index (χ1n) is 6.69. The summed E-state index contributed by atoms with van der Waals surface area (Å²) in [5.74, 6) is -0.289. The molecule has 3 nitrogen and oxygen atoms in total. The molecule has 4 heteroatoms. The van der Waals surface area contributed by atoms with Crippen LogP contribution in [-0.2, 0) is 4.74 Å². The van der Waals surface area contributed by atoms with Crippen LogP contribution in [0.25, 0.3) is 0 Å². The van der Waals surface area contributed by atoms with Gasteiger partial charge in [0.1, 0.15) is 18.2 Å². The maximum absolute atomic E-state index is 13.2. The Bertz CT molecular complexity index is 439. The molecule has 0 radical (unpaired) electrons. The summed E-state index contributed by atoms with van der Waals surface area (Å²) in [6.07, 6.45) is 5.73. The molecule has 0 N–H and O–H groups in total. The largest absolute Gasteiger partial charge is 0.496 e. The molecule has 0 aromatic heterocycles. The monoisotopic (exact) mass is 266 g/mol. The Morgan fingerprint density at radius 1 is 1.32 bits per heavy atom. The Morgan fingerprint density at radius 2 is 2.05 bits per heavy atom. The van der Waals surface area contributed by atoms with Crippen LogP contribution in [0.4, 0.5) is 4.39 Å². The normalized spacial score (nSPS) is 16.3. The van der Waals surface area contributed by atoms with Crippen LogP contribution in [-0.4, -0.2) is 25.6 Å². The lowest BCUT2D eigenvalue weighted by Crippen LogP contribution is -2.21. The highest BCUT2D eigenvalue weighted by molar-refractivity contribution is 5.99. The standard InChI is InChI=1S/C15H19FO3/c1-18-15-8-7-11(16)9-13(15)14(17)10-19-12-5-3-2-4-6-12/h7-9,12H,2-6,10H2,1H3. The number of methoxy groups -OCH3 is 1. The number of ether oxygens (including phenoxy) is 2. The predicted molar refractivity (Wildman–Crippen MR) is 70.1 cm³/mol. The molecule has 0 unspecified atom stereocenters. The SMILES string of the molecule is COc1ccc(F)cc1C(=O)COC1CCCCC1. The first-order valence-corrected chi connectivity index (χ1v) is 6.69. The smallest absolute Gasteiger partial charge is 0.192 e. The molecule has 1 aromatic rings. The second kappa shape index (κ2) is 6.66. The van der Waals surface area contributed by atoms with Crippen molar-refractivity contribution >= 4 is 5.78 Å². The summed E-state index contributed by atoms with van der Waals surface area (Å²) in [5, 5.41) is 0. The number of rotatable bonds is 5. The molecule has 0 spiro atoms. The highest BCUT2D eigenvalue weighted by atomic mass is 19.1. The lowest BCUT2D eigenvalue weighted by Gasteiger charge is -2.21. The fraction of sp³-hybridized carbons (Fsp3) is 0.533. The van der Waals surface area contributed by atoms with Gasteiger partial charge >= 0.3 is 0 Å². The highest BCUT2D eigenvalue weighted by Crippen LogP contribution is 2.22. The van der Waals surface area contributed by atoms with E-state index in [1.165, 1.54) is 31.7 Å². The van der Waals surface area contributed by atoms with Gasteiger partial charge in [-0.2, -0.15) is 0 Å². The maximum atomic E-state index is 13.2. The van der Waals surface area contributed by atoms with Gasteiger partial charge in [0.25, 0.3) is 0 Å². The molecule has 1 aromatic carbocycles. The van der Waals surface area contributed by atoms with Crippen LogP contribution in [0.2, 0.25) is 0 Å². The molecule has 0 aliphatic heterocycles. The summed E-state index contributed by atoms with van der Waals surface area (Å²) in [5.41, 5.74) is 0.248. The summed E-state index contributed by atoms with van der Waals surface area (Å²) in [4.78, 5) is 12.0. The first-order chi connectivity index (χ1) is 9.20. The molecule has 0 atom stereocenters. The van der Waals surface area contributed by atoms with E-state index >= 15 is 0 Å². The average molecular weight is 266 g/mol. The molecule has 1 aliphatic rings. The Kier molecular flexibility index (Phi) is 4.91. The maximum Gasteiger partial charge on any atom is 0.192 e. The van der Waals surface area contributed by atoms with Crippen LogP contribution >= 0.6 is 0 Å². The number of hydrogen-bond donors (Lipinski definition) is 0. The van der Waals surface area contributed by atoms with Gasteiger partial charge in [-0.25, -0.2) is 4.39 Å². The van der Waals surface area contributed by atoms with E-state index in [9.17, 15) is 9.18 Å². The number of Topliss-reactive ketones (excluding diaryl/α,β-unsaturated/α-hetero) is 1. The lowest BCUT2D eigenvalue weighted by molar-refractivity contribution is 0.0283. The van der Waals surface area contributed by atoms with Crippen molar-refractivity contribution in [3.8, 4) is 5.75 Å². The van der Waals surface area contributed by atoms with E-state index in [-0.39, 0.29) is 24.1 Å². The molecule has 2 rings (SSSR count). The van der Waals surface area contributed by atoms with Crippen LogP contribution in [0.15, 0.2) is 18.2 Å². The third-order valence-electron chi connectivity index (χ3n) is 3.46. The minimum Gasteiger partial charge on any atom is -0.496 e. The van der Waals surface area contributed by atoms with E-state index in [4.69, 9.17) is 9.47 Å². The van der Waals surface area contributed by atoms with Crippen LogP contribution < -0.4 is 4.74 Å². The Labute approximate surface area is 112 Å². The fourth-order valence-electron chi connectivity index (χ4n) is 2.40. The molecule has 1 saturated carbocycles. The first kappa shape index (κ1) is 14.0. The number of ketones is 1. The molecule has 104 valence electrons. The van der Waals surface area contributed by atoms with Crippen molar-refractivity contribution in [3.63, 3.8) is 0 Å². The van der Waals surface area contributed by atoms with E-state index < -0.39 is 5.82 Å². The van der Waals surface area contributed by atoms with Gasteiger partial charge in [0.2, 0.25) is 0 Å². The zero-order valence-electron chi connectivity index (χ0n) is 11.2. The van der Waals surface area contributed by atoms with Crippen molar-refractivity contribution < 1.29 is 18.7 Å². The van der Waals surface area contributed by atoms with Crippen LogP contribution in [0.1, 0.15) is 42.5 Å². The van der Waals surface area contributed by atoms with Crippen molar-refractivity contribution in [1.82, 2.24) is 0 Å². The molecular formula is C15H19FO3. The number of halogens is 1. The zero-order chi connectivity index (χ0) is 13.7. The van der Waals surface area contributed by atoms with Crippen molar-refractivity contribution in [2.75, 3.05) is 13.7 Å². The van der Waals surface area contributed by atoms with E-state index in [2.05, 4.69) is 0 Å². The molecule has 1 fully saturated rings. The summed E-state index contributed by atoms with van der Waals surface area (Å²) in [6.45, 7) is -0.00944. The zero-order valence-corrected chi connectivity index (χ0v) is 11.2. The minimum absolute atomic E-state index is 0.00944. The van der Waals surface area contributed by atoms with Gasteiger partial charge in [-0.15, -0.1) is 0 Å². The Morgan fingerprint density at radius 3 is 2.74 bits per heavy atom. The van der Waals surface area contributed by atoms with E-state index in [0.29, 0.717) is 5.75 Å². The lowest BCUT2D eigenvalue weighted by atomic mass is 9.98. The van der Waals surface area contributed by atoms with Crippen molar-refractivity contribution in [2.45, 2.75) is 38.2 Å². The highest BCUT2D eigenvalue weighted by Gasteiger charge is 2.18. The second-order valence-electron chi connectivity index (χ2n) is 4.84. The van der Waals surface area contributed by atoms with Crippen molar-refractivity contribution in [3.05, 3.63) is 29.6 Å².